The maximum atomic E-state index is 13.9. The molecular weight excluding hydrogens is 241 g/mol. The van der Waals surface area contributed by atoms with Crippen LogP contribution in [0.2, 0.25) is 0 Å². The average molecular weight is 257 g/mol. The normalized spacial score (nSPS) is 10.5. The lowest BCUT2D eigenvalue weighted by Gasteiger charge is -2.06. The van der Waals surface area contributed by atoms with Gasteiger partial charge in [0.25, 0.3) is 0 Å². The molecule has 0 spiro atoms. The fraction of sp³-hybridized carbons (Fsp3) is 0.333. The number of nitrogens with zero attached hydrogens (tertiary/aromatic N) is 3. The number of aryl methyl sites for hydroxylation is 1. The molecule has 0 saturated heterocycles. The molecule has 0 aliphatic heterocycles. The first kappa shape index (κ1) is 13.3. The molecule has 0 fully saturated rings. The Labute approximate surface area is 112 Å². The number of rotatable bonds is 3. The standard InChI is InChI=1S/C15H16FN3/c1-4-14-10(2)18-19(11(14)3)9-13-6-5-12(8-17)7-15(13)16/h5-7H,4,9H2,1-3H3. The highest BCUT2D eigenvalue weighted by atomic mass is 19.1. The first-order chi connectivity index (χ1) is 9.06. The Kier molecular flexibility index (Phi) is 3.66. The third kappa shape index (κ3) is 2.50. The number of hydrogen-bond acceptors (Lipinski definition) is 2. The molecule has 0 aliphatic rings. The van der Waals surface area contributed by atoms with Gasteiger partial charge in [-0.2, -0.15) is 10.4 Å². The van der Waals surface area contributed by atoms with Gasteiger partial charge >= 0.3 is 0 Å². The fourth-order valence-electron chi connectivity index (χ4n) is 2.31. The summed E-state index contributed by atoms with van der Waals surface area (Å²) in [5.41, 5.74) is 4.17. The average Bonchev–Trinajstić information content (AvgIpc) is 2.66. The van der Waals surface area contributed by atoms with Crippen molar-refractivity contribution >= 4 is 0 Å². The van der Waals surface area contributed by atoms with Gasteiger partial charge in [-0.25, -0.2) is 4.39 Å². The van der Waals surface area contributed by atoms with Gasteiger partial charge in [-0.3, -0.25) is 4.68 Å². The predicted molar refractivity (Wildman–Crippen MR) is 71.3 cm³/mol. The van der Waals surface area contributed by atoms with Gasteiger partial charge in [0.2, 0.25) is 0 Å². The predicted octanol–water partition coefficient (Wildman–Crippen LogP) is 3.12. The summed E-state index contributed by atoms with van der Waals surface area (Å²) in [4.78, 5) is 0. The van der Waals surface area contributed by atoms with Crippen LogP contribution in [0.1, 0.15) is 35.0 Å². The molecule has 0 atom stereocenters. The molecule has 0 N–H and O–H groups in total. The number of benzene rings is 1. The van der Waals surface area contributed by atoms with Gasteiger partial charge < -0.3 is 0 Å². The molecule has 1 aromatic carbocycles. The lowest BCUT2D eigenvalue weighted by Crippen LogP contribution is -2.06. The highest BCUT2D eigenvalue weighted by Crippen LogP contribution is 2.17. The first-order valence-electron chi connectivity index (χ1n) is 6.28. The summed E-state index contributed by atoms with van der Waals surface area (Å²) in [5.74, 6) is -0.357. The van der Waals surface area contributed by atoms with E-state index in [0.29, 0.717) is 17.7 Å². The van der Waals surface area contributed by atoms with Gasteiger partial charge in [0.15, 0.2) is 0 Å². The molecule has 0 bridgehead atoms. The van der Waals surface area contributed by atoms with E-state index >= 15 is 0 Å². The van der Waals surface area contributed by atoms with Crippen molar-refractivity contribution in [3.63, 3.8) is 0 Å². The van der Waals surface area contributed by atoms with Crippen molar-refractivity contribution in [2.75, 3.05) is 0 Å². The van der Waals surface area contributed by atoms with E-state index in [9.17, 15) is 4.39 Å². The van der Waals surface area contributed by atoms with Gasteiger partial charge in [-0.05, 0) is 38.0 Å². The number of halogens is 1. The second-order valence-corrected chi connectivity index (χ2v) is 4.58. The summed E-state index contributed by atoms with van der Waals surface area (Å²) in [7, 11) is 0. The maximum absolute atomic E-state index is 13.9. The summed E-state index contributed by atoms with van der Waals surface area (Å²) in [6, 6.07) is 6.47. The zero-order chi connectivity index (χ0) is 14.0. The van der Waals surface area contributed by atoms with Crippen molar-refractivity contribution < 1.29 is 4.39 Å². The van der Waals surface area contributed by atoms with Crippen LogP contribution >= 0.6 is 0 Å². The monoisotopic (exact) mass is 257 g/mol. The van der Waals surface area contributed by atoms with Crippen LogP contribution in [0.4, 0.5) is 4.39 Å². The third-order valence-electron chi connectivity index (χ3n) is 3.39. The molecular formula is C15H16FN3. The summed E-state index contributed by atoms with van der Waals surface area (Å²) < 4.78 is 15.7. The Morgan fingerprint density at radius 1 is 1.37 bits per heavy atom. The van der Waals surface area contributed by atoms with E-state index in [1.54, 1.807) is 12.1 Å². The molecule has 4 heteroatoms. The van der Waals surface area contributed by atoms with Crippen LogP contribution in [0.25, 0.3) is 0 Å². The van der Waals surface area contributed by atoms with Crippen molar-refractivity contribution in [1.82, 2.24) is 9.78 Å². The number of hydrogen-bond donors (Lipinski definition) is 0. The number of aromatic nitrogens is 2. The van der Waals surface area contributed by atoms with Crippen LogP contribution in [0.3, 0.4) is 0 Å². The zero-order valence-electron chi connectivity index (χ0n) is 11.4. The molecule has 0 unspecified atom stereocenters. The Hall–Kier alpha value is -2.15. The molecule has 2 rings (SSSR count). The topological polar surface area (TPSA) is 41.6 Å². The van der Waals surface area contributed by atoms with E-state index in [2.05, 4.69) is 12.0 Å². The van der Waals surface area contributed by atoms with E-state index in [1.807, 2.05) is 24.6 Å². The van der Waals surface area contributed by atoms with Crippen molar-refractivity contribution in [2.45, 2.75) is 33.7 Å². The third-order valence-corrected chi connectivity index (χ3v) is 3.39. The lowest BCUT2D eigenvalue weighted by atomic mass is 10.1. The van der Waals surface area contributed by atoms with Crippen LogP contribution in [0.15, 0.2) is 18.2 Å². The van der Waals surface area contributed by atoms with Gasteiger partial charge in [0, 0.05) is 11.3 Å². The van der Waals surface area contributed by atoms with Gasteiger partial charge in [-0.15, -0.1) is 0 Å². The molecule has 3 nitrogen and oxygen atoms in total. The van der Waals surface area contributed by atoms with E-state index < -0.39 is 0 Å². The van der Waals surface area contributed by atoms with Crippen molar-refractivity contribution in [1.29, 1.82) is 5.26 Å². The van der Waals surface area contributed by atoms with Crippen molar-refractivity contribution in [2.24, 2.45) is 0 Å². The minimum atomic E-state index is -0.357. The molecule has 1 heterocycles. The van der Waals surface area contributed by atoms with Crippen LogP contribution in [-0.2, 0) is 13.0 Å². The molecule has 98 valence electrons. The summed E-state index contributed by atoms with van der Waals surface area (Å²) in [6.45, 7) is 6.45. The van der Waals surface area contributed by atoms with E-state index in [0.717, 1.165) is 17.8 Å². The quantitative estimate of drug-likeness (QED) is 0.847. The summed E-state index contributed by atoms with van der Waals surface area (Å²) in [5, 5.41) is 13.2. The van der Waals surface area contributed by atoms with Gasteiger partial charge in [0.05, 0.1) is 23.9 Å². The minimum absolute atomic E-state index is 0.337. The molecule has 1 aromatic heterocycles. The first-order valence-corrected chi connectivity index (χ1v) is 6.28. The largest absolute Gasteiger partial charge is 0.265 e. The maximum Gasteiger partial charge on any atom is 0.129 e. The Morgan fingerprint density at radius 3 is 2.63 bits per heavy atom. The summed E-state index contributed by atoms with van der Waals surface area (Å²) in [6.07, 6.45) is 0.924. The zero-order valence-corrected chi connectivity index (χ0v) is 11.4. The smallest absolute Gasteiger partial charge is 0.129 e. The van der Waals surface area contributed by atoms with Gasteiger partial charge in [0.1, 0.15) is 5.82 Å². The Bertz CT molecular complexity index is 650. The Balaban J connectivity index is 2.34. The van der Waals surface area contributed by atoms with Crippen molar-refractivity contribution in [3.05, 3.63) is 52.1 Å². The van der Waals surface area contributed by atoms with Crippen LogP contribution in [0, 0.1) is 31.0 Å². The highest BCUT2D eigenvalue weighted by molar-refractivity contribution is 5.33. The van der Waals surface area contributed by atoms with E-state index in [1.165, 1.54) is 11.6 Å². The molecule has 19 heavy (non-hydrogen) atoms. The minimum Gasteiger partial charge on any atom is -0.265 e. The molecule has 2 aromatic rings. The van der Waals surface area contributed by atoms with Gasteiger partial charge in [-0.1, -0.05) is 13.0 Å². The SMILES string of the molecule is CCc1c(C)nn(Cc2ccc(C#N)cc2F)c1C. The second kappa shape index (κ2) is 5.23. The highest BCUT2D eigenvalue weighted by Gasteiger charge is 2.11. The molecule has 0 saturated carbocycles. The van der Waals surface area contributed by atoms with E-state index in [-0.39, 0.29) is 5.82 Å². The number of nitriles is 1. The van der Waals surface area contributed by atoms with E-state index in [4.69, 9.17) is 5.26 Å². The lowest BCUT2D eigenvalue weighted by molar-refractivity contribution is 0.578. The van der Waals surface area contributed by atoms with Crippen LogP contribution in [-0.4, -0.2) is 9.78 Å². The fourth-order valence-corrected chi connectivity index (χ4v) is 2.31. The van der Waals surface area contributed by atoms with Crippen LogP contribution in [0.5, 0.6) is 0 Å². The summed E-state index contributed by atoms with van der Waals surface area (Å²) >= 11 is 0. The molecule has 0 amide bonds. The molecule has 0 aliphatic carbocycles. The second-order valence-electron chi connectivity index (χ2n) is 4.58. The molecule has 0 radical (unpaired) electrons. The van der Waals surface area contributed by atoms with Crippen LogP contribution < -0.4 is 0 Å². The van der Waals surface area contributed by atoms with Crippen molar-refractivity contribution in [3.8, 4) is 6.07 Å². The Morgan fingerprint density at radius 2 is 2.11 bits per heavy atom.